The molecule has 0 saturated carbocycles. The summed E-state index contributed by atoms with van der Waals surface area (Å²) >= 11 is 1.67. The molecule has 2 N–H and O–H groups in total. The van der Waals surface area contributed by atoms with E-state index >= 15 is 0 Å². The molecule has 6 rings (SSSR count). The average molecular weight is 528 g/mol. The van der Waals surface area contributed by atoms with Crippen LogP contribution in [0.2, 0.25) is 0 Å². The van der Waals surface area contributed by atoms with Crippen molar-refractivity contribution in [2.75, 3.05) is 19.0 Å². The number of amides is 1. The van der Waals surface area contributed by atoms with Crippen molar-refractivity contribution in [3.63, 3.8) is 0 Å². The summed E-state index contributed by atoms with van der Waals surface area (Å²) in [6, 6.07) is 19.1. The lowest BCUT2D eigenvalue weighted by Gasteiger charge is -2.31. The molecule has 194 valence electrons. The number of methoxy groups -OCH3 is 1. The molecule has 0 radical (unpaired) electrons. The molecule has 2 aliphatic heterocycles. The van der Waals surface area contributed by atoms with Crippen LogP contribution in [0.15, 0.2) is 60.7 Å². The molecular formula is C30H29N3O4S. The number of anilines is 1. The second-order valence-corrected chi connectivity index (χ2v) is 11.0. The lowest BCUT2D eigenvalue weighted by atomic mass is 9.99. The van der Waals surface area contributed by atoms with E-state index in [0.717, 1.165) is 46.4 Å². The van der Waals surface area contributed by atoms with Crippen molar-refractivity contribution in [1.29, 1.82) is 0 Å². The summed E-state index contributed by atoms with van der Waals surface area (Å²) in [5, 5.41) is 9.30. The minimum atomic E-state index is -0.457. The van der Waals surface area contributed by atoms with Crippen LogP contribution in [0, 0.1) is 0 Å². The van der Waals surface area contributed by atoms with Crippen molar-refractivity contribution >= 4 is 39.0 Å². The Morgan fingerprint density at radius 3 is 2.68 bits per heavy atom. The predicted molar refractivity (Wildman–Crippen MR) is 149 cm³/mol. The van der Waals surface area contributed by atoms with Gasteiger partial charge >= 0.3 is 5.97 Å². The molecule has 38 heavy (non-hydrogen) atoms. The minimum Gasteiger partial charge on any atom is -0.493 e. The molecular weight excluding hydrogens is 498 g/mol. The van der Waals surface area contributed by atoms with Crippen LogP contribution < -0.4 is 20.1 Å². The van der Waals surface area contributed by atoms with E-state index in [4.69, 9.17) is 9.47 Å². The van der Waals surface area contributed by atoms with Crippen LogP contribution in [-0.4, -0.2) is 36.5 Å². The Bertz CT molecular complexity index is 1560. The third-order valence-corrected chi connectivity index (χ3v) is 8.48. The number of rotatable bonds is 5. The van der Waals surface area contributed by atoms with Gasteiger partial charge < -0.3 is 20.1 Å². The number of hydrogen-bond acceptors (Lipinski definition) is 7. The maximum absolute atomic E-state index is 13.2. The van der Waals surface area contributed by atoms with Gasteiger partial charge in [0.15, 0.2) is 11.5 Å². The largest absolute Gasteiger partial charge is 0.493 e. The number of thiophene rings is 1. The topological polar surface area (TPSA) is 79.9 Å². The van der Waals surface area contributed by atoms with Gasteiger partial charge in [-0.2, -0.15) is 0 Å². The lowest BCUT2D eigenvalue weighted by molar-refractivity contribution is 0.0731. The van der Waals surface area contributed by atoms with Crippen molar-refractivity contribution in [2.45, 2.75) is 39.0 Å². The van der Waals surface area contributed by atoms with Gasteiger partial charge in [-0.05, 0) is 60.4 Å². The molecule has 0 bridgehead atoms. The molecule has 3 heterocycles. The van der Waals surface area contributed by atoms with Crippen LogP contribution in [0.4, 0.5) is 5.00 Å². The highest BCUT2D eigenvalue weighted by Crippen LogP contribution is 2.42. The molecule has 1 aromatic heterocycles. The summed E-state index contributed by atoms with van der Waals surface area (Å²) in [5.74, 6) is 0.208. The molecule has 1 amide bonds. The Labute approximate surface area is 225 Å². The van der Waals surface area contributed by atoms with Gasteiger partial charge in [0.2, 0.25) is 0 Å². The van der Waals surface area contributed by atoms with E-state index < -0.39 is 12.1 Å². The van der Waals surface area contributed by atoms with Gasteiger partial charge in [-0.1, -0.05) is 42.5 Å². The Balaban J connectivity index is 1.24. The van der Waals surface area contributed by atoms with Crippen LogP contribution in [0.1, 0.15) is 56.7 Å². The Hall–Kier alpha value is -3.88. The quantitative estimate of drug-likeness (QED) is 0.254. The highest BCUT2D eigenvalue weighted by atomic mass is 32.1. The molecule has 0 aliphatic carbocycles. The fraction of sp³-hybridized carbons (Fsp3) is 0.267. The molecule has 1 atom stereocenters. The van der Waals surface area contributed by atoms with E-state index in [9.17, 15) is 9.59 Å². The van der Waals surface area contributed by atoms with Crippen molar-refractivity contribution in [3.8, 4) is 11.5 Å². The molecule has 4 aromatic rings. The first-order valence-electron chi connectivity index (χ1n) is 12.8. The molecule has 2 aliphatic rings. The Morgan fingerprint density at radius 2 is 1.87 bits per heavy atom. The van der Waals surface area contributed by atoms with E-state index in [2.05, 4.69) is 29.4 Å². The summed E-state index contributed by atoms with van der Waals surface area (Å²) < 4.78 is 11.3. The zero-order chi connectivity index (χ0) is 26.4. The SMILES string of the molecule is COc1cc([C@@H]2NC(=O)c3c(sc4c3CCN(C(C)C)C4)N2)ccc1OC(=O)c1cccc2ccccc12. The number of nitrogens with one attached hydrogen (secondary N) is 2. The Kier molecular flexibility index (Phi) is 6.29. The maximum atomic E-state index is 13.2. The van der Waals surface area contributed by atoms with Crippen LogP contribution >= 0.6 is 11.3 Å². The molecule has 7 nitrogen and oxygen atoms in total. The van der Waals surface area contributed by atoms with Gasteiger partial charge in [0.1, 0.15) is 11.2 Å². The average Bonchev–Trinajstić information content (AvgIpc) is 3.31. The van der Waals surface area contributed by atoms with Crippen LogP contribution in [0.25, 0.3) is 10.8 Å². The van der Waals surface area contributed by atoms with Crippen molar-refractivity contribution in [1.82, 2.24) is 10.2 Å². The zero-order valence-corrected chi connectivity index (χ0v) is 22.4. The fourth-order valence-corrected chi connectivity index (χ4v) is 6.55. The van der Waals surface area contributed by atoms with Gasteiger partial charge in [0.25, 0.3) is 5.91 Å². The maximum Gasteiger partial charge on any atom is 0.344 e. The van der Waals surface area contributed by atoms with E-state index in [1.54, 1.807) is 29.5 Å². The summed E-state index contributed by atoms with van der Waals surface area (Å²) in [6.07, 6.45) is 0.456. The zero-order valence-electron chi connectivity index (χ0n) is 21.5. The molecule has 3 aromatic carbocycles. The summed E-state index contributed by atoms with van der Waals surface area (Å²) in [6.45, 7) is 6.24. The molecule has 0 spiro atoms. The number of carbonyl (C=O) groups is 2. The number of esters is 1. The standard InChI is InChI=1S/C30H29N3O4S/c1-17(2)33-14-13-22-25(16-33)38-29-26(22)28(34)31-27(32-29)19-11-12-23(24(15-19)36-3)37-30(35)21-10-6-8-18-7-4-5-9-20(18)21/h4-12,15,17,27,32H,13-14,16H2,1-3H3,(H,31,34)/t27-/m1/s1. The third kappa shape index (κ3) is 4.29. The smallest absolute Gasteiger partial charge is 0.344 e. The fourth-order valence-electron chi connectivity index (χ4n) is 5.25. The number of fused-ring (bicyclic) bond motifs is 4. The van der Waals surface area contributed by atoms with Gasteiger partial charge in [-0.15, -0.1) is 11.3 Å². The van der Waals surface area contributed by atoms with Crippen LogP contribution in [0.3, 0.4) is 0 Å². The monoisotopic (exact) mass is 527 g/mol. The molecule has 0 saturated heterocycles. The highest BCUT2D eigenvalue weighted by molar-refractivity contribution is 7.16. The number of nitrogens with zero attached hydrogens (tertiary/aromatic N) is 1. The first kappa shape index (κ1) is 24.5. The van der Waals surface area contributed by atoms with Gasteiger partial charge in [-0.3, -0.25) is 9.69 Å². The minimum absolute atomic E-state index is 0.0651. The summed E-state index contributed by atoms with van der Waals surface area (Å²) in [5.41, 5.74) is 3.23. The normalized spacial score (nSPS) is 16.9. The van der Waals surface area contributed by atoms with E-state index in [-0.39, 0.29) is 5.91 Å². The first-order chi connectivity index (χ1) is 18.4. The van der Waals surface area contributed by atoms with E-state index in [1.165, 1.54) is 17.6 Å². The van der Waals surface area contributed by atoms with Gasteiger partial charge in [-0.25, -0.2) is 4.79 Å². The highest BCUT2D eigenvalue weighted by Gasteiger charge is 2.34. The second kappa shape index (κ2) is 9.78. The predicted octanol–water partition coefficient (Wildman–Crippen LogP) is 5.75. The molecule has 0 unspecified atom stereocenters. The van der Waals surface area contributed by atoms with Gasteiger partial charge in [0.05, 0.1) is 18.2 Å². The summed E-state index contributed by atoms with van der Waals surface area (Å²) in [7, 11) is 1.53. The van der Waals surface area contributed by atoms with Crippen molar-refractivity contribution in [2.24, 2.45) is 0 Å². The summed E-state index contributed by atoms with van der Waals surface area (Å²) in [4.78, 5) is 30.0. The first-order valence-corrected chi connectivity index (χ1v) is 13.6. The van der Waals surface area contributed by atoms with Crippen molar-refractivity contribution < 1.29 is 19.1 Å². The molecule has 8 heteroatoms. The van der Waals surface area contributed by atoms with Gasteiger partial charge in [0, 0.05) is 24.0 Å². The number of benzene rings is 3. The number of carbonyl (C=O) groups excluding carboxylic acids is 2. The van der Waals surface area contributed by atoms with Crippen LogP contribution in [0.5, 0.6) is 11.5 Å². The van der Waals surface area contributed by atoms with E-state index in [1.807, 2.05) is 42.5 Å². The number of hydrogen-bond donors (Lipinski definition) is 2. The van der Waals surface area contributed by atoms with E-state index in [0.29, 0.717) is 23.1 Å². The number of ether oxygens (including phenoxy) is 2. The Morgan fingerprint density at radius 1 is 1.05 bits per heavy atom. The lowest BCUT2D eigenvalue weighted by Crippen LogP contribution is -2.39. The second-order valence-electron chi connectivity index (χ2n) is 9.90. The third-order valence-electron chi connectivity index (χ3n) is 7.33. The van der Waals surface area contributed by atoms with Crippen LogP contribution in [-0.2, 0) is 13.0 Å². The molecule has 0 fully saturated rings. The van der Waals surface area contributed by atoms with Crippen molar-refractivity contribution in [3.05, 3.63) is 87.8 Å².